The van der Waals surface area contributed by atoms with E-state index in [4.69, 9.17) is 6.57 Å². The van der Waals surface area contributed by atoms with Gasteiger partial charge in [-0.25, -0.2) is 11.6 Å². The number of carbonyl (C=O) groups is 1. The van der Waals surface area contributed by atoms with Gasteiger partial charge in [0.05, 0.1) is 11.9 Å². The molecule has 0 unspecified atom stereocenters. The minimum Gasteiger partial charge on any atom is -0.368 e. The average molecular weight is 340 g/mol. The molecular formula is C16H20N8O. The third-order valence-electron chi connectivity index (χ3n) is 4.05. The van der Waals surface area contributed by atoms with E-state index in [0.29, 0.717) is 18.3 Å². The molecule has 2 N–H and O–H groups in total. The number of amides is 1. The summed E-state index contributed by atoms with van der Waals surface area (Å²) in [4.78, 5) is 25.6. The lowest BCUT2D eigenvalue weighted by Gasteiger charge is -2.23. The number of hydrogen-bond acceptors (Lipinski definition) is 6. The van der Waals surface area contributed by atoms with Gasteiger partial charge in [-0.2, -0.15) is 10.1 Å². The van der Waals surface area contributed by atoms with E-state index in [1.54, 1.807) is 28.0 Å². The molecule has 1 atom stereocenters. The molecule has 25 heavy (non-hydrogen) atoms. The number of rotatable bonds is 6. The van der Waals surface area contributed by atoms with Gasteiger partial charge in [0.15, 0.2) is 0 Å². The molecule has 1 aliphatic rings. The molecule has 0 radical (unpaired) electrons. The highest BCUT2D eigenvalue weighted by molar-refractivity contribution is 5.80. The summed E-state index contributed by atoms with van der Waals surface area (Å²) in [6.07, 6.45) is 7.10. The molecule has 3 rings (SSSR count). The average Bonchev–Trinajstić information content (AvgIpc) is 3.22. The predicted molar refractivity (Wildman–Crippen MR) is 93.2 cm³/mol. The first-order valence-corrected chi connectivity index (χ1v) is 8.11. The van der Waals surface area contributed by atoms with Crippen LogP contribution in [0.3, 0.4) is 0 Å². The number of aryl methyl sites for hydroxylation is 1. The molecule has 1 aliphatic heterocycles. The predicted octanol–water partition coefficient (Wildman–Crippen LogP) is 1.28. The molecule has 2 aromatic rings. The highest BCUT2D eigenvalue weighted by Gasteiger charge is 2.29. The molecule has 0 spiro atoms. The second-order valence-electron chi connectivity index (χ2n) is 5.87. The Hall–Kier alpha value is -3.15. The summed E-state index contributed by atoms with van der Waals surface area (Å²) in [6, 6.07) is 1.88. The molecule has 3 heterocycles. The third kappa shape index (κ3) is 4.23. The van der Waals surface area contributed by atoms with Crippen LogP contribution in [0.15, 0.2) is 24.7 Å². The minimum atomic E-state index is -0.0964. The van der Waals surface area contributed by atoms with E-state index in [1.165, 1.54) is 0 Å². The maximum absolute atomic E-state index is 12.0. The van der Waals surface area contributed by atoms with E-state index < -0.39 is 0 Å². The van der Waals surface area contributed by atoms with Gasteiger partial charge in [0, 0.05) is 38.6 Å². The first-order valence-electron chi connectivity index (χ1n) is 8.11. The minimum absolute atomic E-state index is 0.0802. The van der Waals surface area contributed by atoms with Crippen molar-refractivity contribution in [3.05, 3.63) is 36.1 Å². The van der Waals surface area contributed by atoms with Crippen LogP contribution in [0.25, 0.3) is 4.85 Å². The van der Waals surface area contributed by atoms with Crippen molar-refractivity contribution in [2.75, 3.05) is 30.3 Å². The van der Waals surface area contributed by atoms with Crippen molar-refractivity contribution in [1.29, 1.82) is 0 Å². The van der Waals surface area contributed by atoms with Gasteiger partial charge in [-0.3, -0.25) is 9.48 Å². The second-order valence-corrected chi connectivity index (χ2v) is 5.87. The normalized spacial score (nSPS) is 16.5. The zero-order valence-corrected chi connectivity index (χ0v) is 14.0. The number of nitrogens with zero attached hydrogens (tertiary/aromatic N) is 6. The highest BCUT2D eigenvalue weighted by Crippen LogP contribution is 2.19. The van der Waals surface area contributed by atoms with E-state index in [1.807, 2.05) is 13.2 Å². The van der Waals surface area contributed by atoms with Gasteiger partial charge in [-0.1, -0.05) is 0 Å². The Morgan fingerprint density at radius 1 is 1.52 bits per heavy atom. The fourth-order valence-electron chi connectivity index (χ4n) is 2.89. The van der Waals surface area contributed by atoms with Crippen molar-refractivity contribution in [2.45, 2.75) is 18.9 Å². The van der Waals surface area contributed by atoms with Crippen LogP contribution in [0.4, 0.5) is 17.5 Å². The Balaban J connectivity index is 1.59. The first kappa shape index (κ1) is 16.7. The summed E-state index contributed by atoms with van der Waals surface area (Å²) in [7, 11) is 1.84. The zero-order valence-electron chi connectivity index (χ0n) is 14.0. The van der Waals surface area contributed by atoms with Gasteiger partial charge < -0.3 is 20.4 Å². The molecule has 0 bridgehead atoms. The van der Waals surface area contributed by atoms with E-state index in [-0.39, 0.29) is 18.5 Å². The Morgan fingerprint density at radius 3 is 3.16 bits per heavy atom. The van der Waals surface area contributed by atoms with Crippen molar-refractivity contribution in [2.24, 2.45) is 7.05 Å². The number of nitrogens with one attached hydrogen (secondary N) is 2. The van der Waals surface area contributed by atoms with Crippen molar-refractivity contribution in [1.82, 2.24) is 24.6 Å². The highest BCUT2D eigenvalue weighted by atomic mass is 16.2. The Kier molecular flexibility index (Phi) is 5.09. The number of likely N-dealkylation sites (tertiary alicyclic amines) is 1. The number of aromatic nitrogens is 4. The summed E-state index contributed by atoms with van der Waals surface area (Å²) in [5.41, 5.74) is 0.811. The molecule has 2 aromatic heterocycles. The quantitative estimate of drug-likeness (QED) is 0.770. The lowest BCUT2D eigenvalue weighted by molar-refractivity contribution is -0.129. The van der Waals surface area contributed by atoms with Crippen LogP contribution in [0.5, 0.6) is 0 Å². The van der Waals surface area contributed by atoms with E-state index >= 15 is 0 Å². The van der Waals surface area contributed by atoms with Crippen LogP contribution in [0, 0.1) is 6.57 Å². The van der Waals surface area contributed by atoms with Crippen LogP contribution in [0.2, 0.25) is 0 Å². The van der Waals surface area contributed by atoms with Crippen LogP contribution in [0.1, 0.15) is 12.8 Å². The van der Waals surface area contributed by atoms with Crippen molar-refractivity contribution < 1.29 is 4.79 Å². The molecule has 1 saturated heterocycles. The smallest absolute Gasteiger partial charge is 0.303 e. The lowest BCUT2D eigenvalue weighted by Crippen LogP contribution is -2.40. The topological polar surface area (TPSA) is 92.3 Å². The molecule has 0 aromatic carbocycles. The Bertz CT molecular complexity index is 780. The number of anilines is 3. The first-order chi connectivity index (χ1) is 12.2. The van der Waals surface area contributed by atoms with Crippen LogP contribution < -0.4 is 10.6 Å². The maximum atomic E-state index is 12.0. The summed E-state index contributed by atoms with van der Waals surface area (Å²) in [5.74, 6) is 1.07. The van der Waals surface area contributed by atoms with Crippen LogP contribution in [-0.2, 0) is 11.8 Å². The monoisotopic (exact) mass is 340 g/mol. The number of hydrogen-bond donors (Lipinski definition) is 2. The van der Waals surface area contributed by atoms with Crippen molar-refractivity contribution in [3.8, 4) is 0 Å². The molecule has 9 nitrogen and oxygen atoms in total. The molecular weight excluding hydrogens is 320 g/mol. The summed E-state index contributed by atoms with van der Waals surface area (Å²) in [6.45, 7) is 8.09. The summed E-state index contributed by atoms with van der Waals surface area (Å²) in [5, 5.41) is 10.4. The Morgan fingerprint density at radius 2 is 2.40 bits per heavy atom. The van der Waals surface area contributed by atoms with Crippen molar-refractivity contribution >= 4 is 23.4 Å². The molecule has 0 saturated carbocycles. The van der Waals surface area contributed by atoms with Gasteiger partial charge in [0.25, 0.3) is 6.54 Å². The fourth-order valence-corrected chi connectivity index (χ4v) is 2.89. The SMILES string of the molecule is [C-]#[N+]CC(=O)N1CCC[C@@H]1CNc1ccnc(Nc2cnn(C)c2)n1. The van der Waals surface area contributed by atoms with E-state index in [2.05, 4.69) is 30.5 Å². The molecule has 0 aliphatic carbocycles. The van der Waals surface area contributed by atoms with Gasteiger partial charge >= 0.3 is 5.91 Å². The van der Waals surface area contributed by atoms with Gasteiger partial charge in [0.1, 0.15) is 5.82 Å². The third-order valence-corrected chi connectivity index (χ3v) is 4.05. The van der Waals surface area contributed by atoms with Crippen molar-refractivity contribution in [3.63, 3.8) is 0 Å². The Labute approximate surface area is 145 Å². The maximum Gasteiger partial charge on any atom is 0.303 e. The summed E-state index contributed by atoms with van der Waals surface area (Å²) >= 11 is 0. The fraction of sp³-hybridized carbons (Fsp3) is 0.438. The molecule has 130 valence electrons. The van der Waals surface area contributed by atoms with Gasteiger partial charge in [0.2, 0.25) is 5.95 Å². The molecule has 1 amide bonds. The van der Waals surface area contributed by atoms with E-state index in [9.17, 15) is 4.79 Å². The second kappa shape index (κ2) is 7.61. The molecule has 1 fully saturated rings. The largest absolute Gasteiger partial charge is 0.368 e. The van der Waals surface area contributed by atoms with Crippen LogP contribution >= 0.6 is 0 Å². The lowest BCUT2D eigenvalue weighted by atomic mass is 10.2. The zero-order chi connectivity index (χ0) is 17.6. The number of carbonyl (C=O) groups excluding carboxylic acids is 1. The summed E-state index contributed by atoms with van der Waals surface area (Å²) < 4.78 is 1.69. The van der Waals surface area contributed by atoms with Crippen LogP contribution in [-0.4, -0.2) is 56.2 Å². The van der Waals surface area contributed by atoms with Gasteiger partial charge in [-0.15, -0.1) is 0 Å². The standard InChI is InChI=1S/C16H20N8O/c1-17-10-15(25)24-7-3-4-13(24)9-19-14-5-6-18-16(22-14)21-12-8-20-23(2)11-12/h5-6,8,11,13H,3-4,7,9-10H2,2H3,(H2,18,19,21,22)/t13-/m1/s1. The van der Waals surface area contributed by atoms with E-state index in [0.717, 1.165) is 25.1 Å². The van der Waals surface area contributed by atoms with Gasteiger partial charge in [-0.05, 0) is 18.9 Å². The molecule has 9 heteroatoms.